The van der Waals surface area contributed by atoms with E-state index in [0.29, 0.717) is 31.0 Å². The summed E-state index contributed by atoms with van der Waals surface area (Å²) in [5.74, 6) is 0.685. The molecule has 1 heterocycles. The monoisotopic (exact) mass is 418 g/mol. The van der Waals surface area contributed by atoms with E-state index in [9.17, 15) is 18.0 Å². The van der Waals surface area contributed by atoms with Gasteiger partial charge in [0.15, 0.2) is 5.96 Å². The Hall–Kier alpha value is -3.03. The first-order valence-electron chi connectivity index (χ1n) is 9.81. The number of alkyl halides is 3. The molecule has 1 saturated heterocycles. The molecule has 3 rings (SSSR count). The smallest absolute Gasteiger partial charge is 0.352 e. The van der Waals surface area contributed by atoms with E-state index in [4.69, 9.17) is 0 Å². The molecule has 2 aromatic carbocycles. The standard InChI is InChI=1S/C22H25F3N4O/c1-26-21(28-14-17-6-3-8-19(12-17)22(23,24)25)27-13-16-5-2-7-18(11-16)15-29-10-4-9-20(29)30/h2-3,5-8,11-12H,4,9-10,13-15H2,1H3,(H2,26,27,28). The van der Waals surface area contributed by atoms with Crippen molar-refractivity contribution in [2.45, 2.75) is 38.7 Å². The molecule has 8 heteroatoms. The number of amides is 1. The van der Waals surface area contributed by atoms with Gasteiger partial charge in [0.2, 0.25) is 5.91 Å². The van der Waals surface area contributed by atoms with Crippen LogP contribution in [0.2, 0.25) is 0 Å². The first-order valence-corrected chi connectivity index (χ1v) is 9.81. The average Bonchev–Trinajstić information content (AvgIpc) is 3.12. The average molecular weight is 418 g/mol. The Bertz CT molecular complexity index is 911. The van der Waals surface area contributed by atoms with E-state index >= 15 is 0 Å². The number of carbonyl (C=O) groups is 1. The Kier molecular flexibility index (Phi) is 6.97. The fourth-order valence-electron chi connectivity index (χ4n) is 3.38. The molecule has 0 aliphatic carbocycles. The third-order valence-electron chi connectivity index (χ3n) is 4.93. The molecule has 5 nitrogen and oxygen atoms in total. The maximum absolute atomic E-state index is 12.8. The van der Waals surface area contributed by atoms with Gasteiger partial charge in [-0.2, -0.15) is 13.2 Å². The molecule has 30 heavy (non-hydrogen) atoms. The molecule has 0 aromatic heterocycles. The molecule has 160 valence electrons. The summed E-state index contributed by atoms with van der Waals surface area (Å²) < 4.78 is 38.5. The van der Waals surface area contributed by atoms with Crippen LogP contribution in [0.1, 0.15) is 35.1 Å². The zero-order chi connectivity index (χ0) is 21.6. The Labute approximate surface area is 174 Å². The number of aliphatic imine (C=N–C) groups is 1. The van der Waals surface area contributed by atoms with Crippen molar-refractivity contribution in [2.75, 3.05) is 13.6 Å². The van der Waals surface area contributed by atoms with Gasteiger partial charge < -0.3 is 15.5 Å². The van der Waals surface area contributed by atoms with Gasteiger partial charge in [-0.1, -0.05) is 36.4 Å². The van der Waals surface area contributed by atoms with Gasteiger partial charge in [-0.05, 0) is 35.2 Å². The van der Waals surface area contributed by atoms with Crippen molar-refractivity contribution in [2.24, 2.45) is 4.99 Å². The van der Waals surface area contributed by atoms with Crippen LogP contribution in [0.4, 0.5) is 13.2 Å². The molecule has 0 bridgehead atoms. The molecule has 0 unspecified atom stereocenters. The fourth-order valence-corrected chi connectivity index (χ4v) is 3.38. The molecule has 1 aliphatic rings. The first-order chi connectivity index (χ1) is 14.3. The minimum absolute atomic E-state index is 0.192. The lowest BCUT2D eigenvalue weighted by Crippen LogP contribution is -2.36. The molecule has 0 spiro atoms. The van der Waals surface area contributed by atoms with Crippen molar-refractivity contribution in [3.8, 4) is 0 Å². The number of hydrogen-bond donors (Lipinski definition) is 2. The highest BCUT2D eigenvalue weighted by Crippen LogP contribution is 2.29. The largest absolute Gasteiger partial charge is 0.416 e. The summed E-state index contributed by atoms with van der Waals surface area (Å²) >= 11 is 0. The van der Waals surface area contributed by atoms with E-state index in [1.54, 1.807) is 13.1 Å². The second-order valence-corrected chi connectivity index (χ2v) is 7.22. The molecular weight excluding hydrogens is 393 g/mol. The molecule has 1 fully saturated rings. The second kappa shape index (κ2) is 9.65. The zero-order valence-electron chi connectivity index (χ0n) is 16.8. The summed E-state index contributed by atoms with van der Waals surface area (Å²) in [7, 11) is 1.61. The Morgan fingerprint density at radius 3 is 2.27 bits per heavy atom. The van der Waals surface area contributed by atoms with Gasteiger partial charge in [-0.15, -0.1) is 0 Å². The predicted octanol–water partition coefficient (Wildman–Crippen LogP) is 3.69. The Balaban J connectivity index is 1.53. The van der Waals surface area contributed by atoms with Crippen molar-refractivity contribution >= 4 is 11.9 Å². The summed E-state index contributed by atoms with van der Waals surface area (Å²) in [6.07, 6.45) is -2.83. The quantitative estimate of drug-likeness (QED) is 0.556. The lowest BCUT2D eigenvalue weighted by Gasteiger charge is -2.17. The van der Waals surface area contributed by atoms with Gasteiger partial charge in [0.25, 0.3) is 0 Å². The molecule has 0 radical (unpaired) electrons. The van der Waals surface area contributed by atoms with Crippen molar-refractivity contribution in [3.05, 3.63) is 70.8 Å². The summed E-state index contributed by atoms with van der Waals surface area (Å²) in [5.41, 5.74) is 1.95. The molecule has 0 saturated carbocycles. The Morgan fingerprint density at radius 1 is 1.03 bits per heavy atom. The predicted molar refractivity (Wildman–Crippen MR) is 110 cm³/mol. The minimum atomic E-state index is -4.36. The van der Waals surface area contributed by atoms with Crippen molar-refractivity contribution in [3.63, 3.8) is 0 Å². The zero-order valence-corrected chi connectivity index (χ0v) is 16.8. The third-order valence-corrected chi connectivity index (χ3v) is 4.93. The first kappa shape index (κ1) is 21.7. The summed E-state index contributed by atoms with van der Waals surface area (Å²) in [6, 6.07) is 13.2. The lowest BCUT2D eigenvalue weighted by atomic mass is 10.1. The minimum Gasteiger partial charge on any atom is -0.352 e. The van der Waals surface area contributed by atoms with E-state index in [1.807, 2.05) is 29.2 Å². The van der Waals surface area contributed by atoms with Gasteiger partial charge >= 0.3 is 6.18 Å². The second-order valence-electron chi connectivity index (χ2n) is 7.22. The fraction of sp³-hybridized carbons (Fsp3) is 0.364. The third kappa shape index (κ3) is 5.98. The SMILES string of the molecule is CN=C(NCc1cccc(CN2CCCC2=O)c1)NCc1cccc(C(F)(F)F)c1. The van der Waals surface area contributed by atoms with Crippen LogP contribution >= 0.6 is 0 Å². The van der Waals surface area contributed by atoms with E-state index in [0.717, 1.165) is 36.2 Å². The van der Waals surface area contributed by atoms with Gasteiger partial charge in [0.1, 0.15) is 0 Å². The van der Waals surface area contributed by atoms with Crippen LogP contribution in [0.15, 0.2) is 53.5 Å². The normalized spacial score (nSPS) is 14.9. The molecular formula is C22H25F3N4O. The maximum Gasteiger partial charge on any atom is 0.416 e. The number of guanidine groups is 1. The molecule has 2 aromatic rings. The maximum atomic E-state index is 12.8. The molecule has 2 N–H and O–H groups in total. The number of rotatable bonds is 6. The Morgan fingerprint density at radius 2 is 1.67 bits per heavy atom. The highest BCUT2D eigenvalue weighted by molar-refractivity contribution is 5.79. The van der Waals surface area contributed by atoms with Gasteiger partial charge in [0.05, 0.1) is 5.56 Å². The number of halogens is 3. The van der Waals surface area contributed by atoms with Crippen molar-refractivity contribution in [1.82, 2.24) is 15.5 Å². The van der Waals surface area contributed by atoms with Gasteiger partial charge in [0, 0.05) is 39.6 Å². The van der Waals surface area contributed by atoms with Crippen LogP contribution in [0.25, 0.3) is 0 Å². The van der Waals surface area contributed by atoms with Crippen molar-refractivity contribution < 1.29 is 18.0 Å². The van der Waals surface area contributed by atoms with Crippen LogP contribution in [0.3, 0.4) is 0 Å². The molecule has 1 amide bonds. The number of nitrogens with zero attached hydrogens (tertiary/aromatic N) is 2. The molecule has 1 aliphatic heterocycles. The van der Waals surface area contributed by atoms with Crippen LogP contribution in [0.5, 0.6) is 0 Å². The lowest BCUT2D eigenvalue weighted by molar-refractivity contribution is -0.137. The van der Waals surface area contributed by atoms with E-state index < -0.39 is 11.7 Å². The van der Waals surface area contributed by atoms with Crippen LogP contribution in [-0.4, -0.2) is 30.4 Å². The number of hydrogen-bond acceptors (Lipinski definition) is 2. The molecule has 0 atom stereocenters. The van der Waals surface area contributed by atoms with Gasteiger partial charge in [-0.3, -0.25) is 9.79 Å². The number of benzene rings is 2. The summed E-state index contributed by atoms with van der Waals surface area (Å²) in [4.78, 5) is 17.8. The van der Waals surface area contributed by atoms with E-state index in [2.05, 4.69) is 15.6 Å². The van der Waals surface area contributed by atoms with E-state index in [1.165, 1.54) is 6.07 Å². The number of carbonyl (C=O) groups excluding carboxylic acids is 1. The number of nitrogens with one attached hydrogen (secondary N) is 2. The highest BCUT2D eigenvalue weighted by Gasteiger charge is 2.30. The van der Waals surface area contributed by atoms with Gasteiger partial charge in [-0.25, -0.2) is 0 Å². The summed E-state index contributed by atoms with van der Waals surface area (Å²) in [6.45, 7) is 2.13. The topological polar surface area (TPSA) is 56.7 Å². The highest BCUT2D eigenvalue weighted by atomic mass is 19.4. The van der Waals surface area contributed by atoms with E-state index in [-0.39, 0.29) is 12.5 Å². The number of likely N-dealkylation sites (tertiary alicyclic amines) is 1. The van der Waals surface area contributed by atoms with Crippen LogP contribution in [-0.2, 0) is 30.6 Å². The summed E-state index contributed by atoms with van der Waals surface area (Å²) in [5, 5.41) is 6.20. The van der Waals surface area contributed by atoms with Crippen molar-refractivity contribution in [1.29, 1.82) is 0 Å². The van der Waals surface area contributed by atoms with Crippen LogP contribution in [0, 0.1) is 0 Å². The van der Waals surface area contributed by atoms with Crippen LogP contribution < -0.4 is 10.6 Å².